The third-order valence-corrected chi connectivity index (χ3v) is 2.69. The lowest BCUT2D eigenvalue weighted by Crippen LogP contribution is -1.94. The minimum atomic E-state index is -1.49. The molecule has 0 aliphatic carbocycles. The van der Waals surface area contributed by atoms with Gasteiger partial charge in [0.2, 0.25) is 0 Å². The zero-order valence-electron chi connectivity index (χ0n) is 8.95. The molecule has 2 aromatic carbocycles. The highest BCUT2D eigenvalue weighted by Crippen LogP contribution is 2.31. The van der Waals surface area contributed by atoms with Gasteiger partial charge in [-0.05, 0) is 18.2 Å². The molecule has 0 fully saturated rings. The topological polar surface area (TPSA) is 26.0 Å². The van der Waals surface area contributed by atoms with Gasteiger partial charge in [0.25, 0.3) is 0 Å². The lowest BCUT2D eigenvalue weighted by molar-refractivity contribution is 0.449. The number of nitrogens with zero attached hydrogens (tertiary/aromatic N) is 1. The van der Waals surface area contributed by atoms with Crippen molar-refractivity contribution in [1.29, 1.82) is 0 Å². The number of para-hydroxylation sites is 1. The summed E-state index contributed by atoms with van der Waals surface area (Å²) in [6, 6.07) is 6.91. The highest BCUT2D eigenvalue weighted by Gasteiger charge is 2.17. The van der Waals surface area contributed by atoms with Crippen molar-refractivity contribution < 1.29 is 17.6 Å². The van der Waals surface area contributed by atoms with Crippen molar-refractivity contribution in [3.05, 3.63) is 54.2 Å². The molecule has 2 nitrogen and oxygen atoms in total. The van der Waals surface area contributed by atoms with Crippen molar-refractivity contribution in [3.8, 4) is 11.1 Å². The van der Waals surface area contributed by atoms with Crippen molar-refractivity contribution in [3.63, 3.8) is 0 Å². The van der Waals surface area contributed by atoms with Crippen LogP contribution in [-0.4, -0.2) is 4.98 Å². The molecule has 0 aliphatic heterocycles. The van der Waals surface area contributed by atoms with Crippen molar-refractivity contribution in [2.24, 2.45) is 0 Å². The number of fused-ring (bicyclic) bond motifs is 1. The average Bonchev–Trinajstić information content (AvgIpc) is 2.84. The highest BCUT2D eigenvalue weighted by molar-refractivity contribution is 5.90. The second-order valence-electron chi connectivity index (χ2n) is 3.73. The zero-order chi connectivity index (χ0) is 12.7. The third-order valence-electron chi connectivity index (χ3n) is 2.69. The highest BCUT2D eigenvalue weighted by atomic mass is 19.2. The molecular weight excluding hydrogens is 243 g/mol. The van der Waals surface area contributed by atoms with Gasteiger partial charge in [0.15, 0.2) is 29.4 Å². The molecule has 0 spiro atoms. The minimum absolute atomic E-state index is 0.0478. The predicted octanol–water partition coefficient (Wildman–Crippen LogP) is 3.91. The summed E-state index contributed by atoms with van der Waals surface area (Å²) in [4.78, 5) is 3.94. The van der Waals surface area contributed by atoms with Crippen LogP contribution in [0.1, 0.15) is 0 Å². The number of benzene rings is 2. The van der Waals surface area contributed by atoms with E-state index in [-0.39, 0.29) is 5.56 Å². The van der Waals surface area contributed by atoms with Gasteiger partial charge in [-0.1, -0.05) is 12.1 Å². The van der Waals surface area contributed by atoms with Crippen LogP contribution in [0.25, 0.3) is 22.2 Å². The number of halogens is 3. The first-order chi connectivity index (χ1) is 8.68. The summed E-state index contributed by atoms with van der Waals surface area (Å²) in [5.41, 5.74) is 1.17. The number of hydrogen-bond acceptors (Lipinski definition) is 2. The summed E-state index contributed by atoms with van der Waals surface area (Å²) in [5.74, 6) is -3.94. The van der Waals surface area contributed by atoms with Crippen molar-refractivity contribution in [2.75, 3.05) is 0 Å². The Labute approximate surface area is 99.7 Å². The van der Waals surface area contributed by atoms with E-state index in [0.29, 0.717) is 16.7 Å². The van der Waals surface area contributed by atoms with Crippen LogP contribution in [0.3, 0.4) is 0 Å². The van der Waals surface area contributed by atoms with Gasteiger partial charge in [-0.25, -0.2) is 18.2 Å². The number of hydrogen-bond donors (Lipinski definition) is 0. The van der Waals surface area contributed by atoms with E-state index in [1.807, 2.05) is 0 Å². The molecule has 3 rings (SSSR count). The fourth-order valence-electron chi connectivity index (χ4n) is 1.84. The summed E-state index contributed by atoms with van der Waals surface area (Å²) in [7, 11) is 0. The van der Waals surface area contributed by atoms with Crippen LogP contribution >= 0.6 is 0 Å². The fourth-order valence-corrected chi connectivity index (χ4v) is 1.84. The van der Waals surface area contributed by atoms with E-state index in [1.165, 1.54) is 12.5 Å². The molecule has 0 aliphatic rings. The smallest absolute Gasteiger partial charge is 0.195 e. The Morgan fingerprint density at radius 3 is 2.56 bits per heavy atom. The Morgan fingerprint density at radius 2 is 1.72 bits per heavy atom. The molecule has 90 valence electrons. The molecule has 0 bridgehead atoms. The molecule has 5 heteroatoms. The average molecular weight is 249 g/mol. The molecule has 3 aromatic rings. The van der Waals surface area contributed by atoms with E-state index >= 15 is 0 Å². The van der Waals surface area contributed by atoms with Gasteiger partial charge >= 0.3 is 0 Å². The normalized spacial score (nSPS) is 11.1. The van der Waals surface area contributed by atoms with Crippen LogP contribution in [0.5, 0.6) is 0 Å². The Bertz CT molecular complexity index is 736. The lowest BCUT2D eigenvalue weighted by Gasteiger charge is -2.05. The predicted molar refractivity (Wildman–Crippen MR) is 59.3 cm³/mol. The summed E-state index contributed by atoms with van der Waals surface area (Å²) < 4.78 is 44.9. The molecule has 0 N–H and O–H groups in total. The van der Waals surface area contributed by atoms with Gasteiger partial charge in [0.05, 0.1) is 0 Å². The summed E-state index contributed by atoms with van der Waals surface area (Å²) in [5, 5.41) is 0. The van der Waals surface area contributed by atoms with Crippen LogP contribution in [0.15, 0.2) is 41.1 Å². The van der Waals surface area contributed by atoms with E-state index in [1.54, 1.807) is 18.2 Å². The second-order valence-corrected chi connectivity index (χ2v) is 3.73. The van der Waals surface area contributed by atoms with E-state index < -0.39 is 17.5 Å². The van der Waals surface area contributed by atoms with Crippen molar-refractivity contribution >= 4 is 11.1 Å². The molecule has 0 saturated carbocycles. The van der Waals surface area contributed by atoms with E-state index in [4.69, 9.17) is 4.42 Å². The number of rotatable bonds is 1. The van der Waals surface area contributed by atoms with Gasteiger partial charge in [-0.15, -0.1) is 0 Å². The first-order valence-corrected chi connectivity index (χ1v) is 5.14. The Kier molecular flexibility index (Phi) is 2.33. The lowest BCUT2D eigenvalue weighted by atomic mass is 10.0. The number of aromatic nitrogens is 1. The molecular formula is C13H6F3NO. The van der Waals surface area contributed by atoms with Gasteiger partial charge in [-0.3, -0.25) is 0 Å². The van der Waals surface area contributed by atoms with E-state index in [9.17, 15) is 13.2 Å². The molecule has 18 heavy (non-hydrogen) atoms. The van der Waals surface area contributed by atoms with Crippen molar-refractivity contribution in [1.82, 2.24) is 4.98 Å². The summed E-state index contributed by atoms with van der Waals surface area (Å²) in [6.07, 6.45) is 1.21. The Balaban J connectivity index is 2.33. The third kappa shape index (κ3) is 1.48. The maximum absolute atomic E-state index is 13.7. The summed E-state index contributed by atoms with van der Waals surface area (Å²) >= 11 is 0. The van der Waals surface area contributed by atoms with Crippen LogP contribution in [0.4, 0.5) is 13.2 Å². The SMILES string of the molecule is Fc1ccc(-c2cccc3ocnc23)c(F)c1F. The molecule has 0 saturated heterocycles. The quantitative estimate of drug-likeness (QED) is 0.611. The van der Waals surface area contributed by atoms with Gasteiger partial charge in [0.1, 0.15) is 5.52 Å². The molecule has 0 atom stereocenters. The van der Waals surface area contributed by atoms with Crippen LogP contribution < -0.4 is 0 Å². The number of oxazole rings is 1. The van der Waals surface area contributed by atoms with Crippen LogP contribution in [0.2, 0.25) is 0 Å². The van der Waals surface area contributed by atoms with E-state index in [0.717, 1.165) is 6.07 Å². The maximum Gasteiger partial charge on any atom is 0.195 e. The molecule has 1 aromatic heterocycles. The van der Waals surface area contributed by atoms with Gasteiger partial charge < -0.3 is 4.42 Å². The Morgan fingerprint density at radius 1 is 0.889 bits per heavy atom. The maximum atomic E-state index is 13.7. The minimum Gasteiger partial charge on any atom is -0.443 e. The largest absolute Gasteiger partial charge is 0.443 e. The molecule has 1 heterocycles. The zero-order valence-corrected chi connectivity index (χ0v) is 8.95. The van der Waals surface area contributed by atoms with Gasteiger partial charge in [-0.2, -0.15) is 0 Å². The standard InChI is InChI=1S/C13H6F3NO/c14-9-5-4-7(11(15)12(9)16)8-2-1-3-10-13(8)17-6-18-10/h1-6H. The molecule has 0 unspecified atom stereocenters. The van der Waals surface area contributed by atoms with Gasteiger partial charge in [0, 0.05) is 11.1 Å². The first kappa shape index (κ1) is 10.8. The fraction of sp³-hybridized carbons (Fsp3) is 0. The Hall–Kier alpha value is -2.30. The molecule has 0 amide bonds. The molecule has 0 radical (unpaired) electrons. The van der Waals surface area contributed by atoms with Crippen LogP contribution in [-0.2, 0) is 0 Å². The monoisotopic (exact) mass is 249 g/mol. The first-order valence-electron chi connectivity index (χ1n) is 5.14. The van der Waals surface area contributed by atoms with E-state index in [2.05, 4.69) is 4.98 Å². The summed E-state index contributed by atoms with van der Waals surface area (Å²) in [6.45, 7) is 0. The van der Waals surface area contributed by atoms with Crippen LogP contribution in [0, 0.1) is 17.5 Å². The second kappa shape index (κ2) is 3.87. The van der Waals surface area contributed by atoms with Crippen molar-refractivity contribution in [2.45, 2.75) is 0 Å².